The molecule has 1 rings (SSSR count). The van der Waals surface area contributed by atoms with E-state index in [0.29, 0.717) is 18.2 Å². The van der Waals surface area contributed by atoms with Gasteiger partial charge in [0.25, 0.3) is 0 Å². The number of halogens is 1. The molecule has 0 N–H and O–H groups in total. The van der Waals surface area contributed by atoms with Crippen LogP contribution in [-0.4, -0.2) is 36.7 Å². The molecule has 0 radical (unpaired) electrons. The van der Waals surface area contributed by atoms with Gasteiger partial charge in [-0.2, -0.15) is 5.26 Å². The van der Waals surface area contributed by atoms with Crippen LogP contribution >= 0.6 is 11.6 Å². The van der Waals surface area contributed by atoms with E-state index < -0.39 is 0 Å². The fraction of sp³-hybridized carbons (Fsp3) is 0.500. The first-order chi connectivity index (χ1) is 8.26. The zero-order valence-corrected chi connectivity index (χ0v) is 10.7. The molecule has 0 saturated heterocycles. The molecule has 0 saturated carbocycles. The Morgan fingerprint density at radius 2 is 2.29 bits per heavy atom. The molecule has 1 aromatic rings. The van der Waals surface area contributed by atoms with E-state index in [-0.39, 0.29) is 0 Å². The third-order valence-electron chi connectivity index (χ3n) is 2.35. The average molecular weight is 254 g/mol. The van der Waals surface area contributed by atoms with Gasteiger partial charge < -0.3 is 4.74 Å². The molecular formula is C12H16ClN3O. The minimum absolute atomic E-state index is 0.495. The SMILES string of the molecule is COCCN(CCC#N)Cc1ccc(Cl)nc1. The predicted molar refractivity (Wildman–Crippen MR) is 66.6 cm³/mol. The summed E-state index contributed by atoms with van der Waals surface area (Å²) in [5.74, 6) is 0. The van der Waals surface area contributed by atoms with Crippen LogP contribution in [0.5, 0.6) is 0 Å². The Morgan fingerprint density at radius 3 is 2.88 bits per heavy atom. The number of methoxy groups -OCH3 is 1. The standard InChI is InChI=1S/C12H16ClN3O/c1-17-8-7-16(6-2-5-14)10-11-3-4-12(13)15-9-11/h3-4,9H,2,6-8,10H2,1H3. The number of pyridine rings is 1. The summed E-state index contributed by atoms with van der Waals surface area (Å²) < 4.78 is 5.05. The number of nitriles is 1. The number of ether oxygens (including phenoxy) is 1. The molecule has 0 aromatic carbocycles. The summed E-state index contributed by atoms with van der Waals surface area (Å²) in [6.07, 6.45) is 2.28. The first-order valence-corrected chi connectivity index (χ1v) is 5.82. The third kappa shape index (κ3) is 5.64. The van der Waals surface area contributed by atoms with Crippen molar-refractivity contribution in [3.8, 4) is 6.07 Å². The maximum absolute atomic E-state index is 8.61. The van der Waals surface area contributed by atoms with Gasteiger partial charge >= 0.3 is 0 Å². The van der Waals surface area contributed by atoms with E-state index in [1.807, 2.05) is 6.07 Å². The molecule has 0 amide bonds. The van der Waals surface area contributed by atoms with Crippen molar-refractivity contribution in [3.05, 3.63) is 29.0 Å². The summed E-state index contributed by atoms with van der Waals surface area (Å²) in [4.78, 5) is 6.20. The van der Waals surface area contributed by atoms with Gasteiger partial charge in [0, 0.05) is 39.4 Å². The first kappa shape index (κ1) is 13.9. The van der Waals surface area contributed by atoms with Gasteiger partial charge in [-0.15, -0.1) is 0 Å². The van der Waals surface area contributed by atoms with Gasteiger partial charge in [0.05, 0.1) is 12.7 Å². The van der Waals surface area contributed by atoms with E-state index in [0.717, 1.165) is 25.2 Å². The summed E-state index contributed by atoms with van der Waals surface area (Å²) >= 11 is 5.73. The highest BCUT2D eigenvalue weighted by atomic mass is 35.5. The fourth-order valence-electron chi connectivity index (χ4n) is 1.46. The molecule has 0 bridgehead atoms. The molecule has 5 heteroatoms. The molecule has 4 nitrogen and oxygen atoms in total. The quantitative estimate of drug-likeness (QED) is 0.699. The van der Waals surface area contributed by atoms with E-state index in [1.54, 1.807) is 19.4 Å². The Labute approximate surface area is 107 Å². The van der Waals surface area contributed by atoms with Crippen molar-refractivity contribution in [3.63, 3.8) is 0 Å². The molecule has 0 aliphatic heterocycles. The van der Waals surface area contributed by atoms with E-state index >= 15 is 0 Å². The molecule has 17 heavy (non-hydrogen) atoms. The van der Waals surface area contributed by atoms with Gasteiger partial charge in [-0.3, -0.25) is 4.90 Å². The van der Waals surface area contributed by atoms with Crippen LogP contribution in [0.25, 0.3) is 0 Å². The van der Waals surface area contributed by atoms with Crippen LogP contribution in [0, 0.1) is 11.3 Å². The highest BCUT2D eigenvalue weighted by molar-refractivity contribution is 6.29. The summed E-state index contributed by atoms with van der Waals surface area (Å²) in [6.45, 7) is 2.96. The van der Waals surface area contributed by atoms with Crippen molar-refractivity contribution in [1.82, 2.24) is 9.88 Å². The highest BCUT2D eigenvalue weighted by Crippen LogP contribution is 2.08. The lowest BCUT2D eigenvalue weighted by Gasteiger charge is -2.20. The summed E-state index contributed by atoms with van der Waals surface area (Å²) in [6, 6.07) is 5.87. The van der Waals surface area contributed by atoms with Crippen molar-refractivity contribution < 1.29 is 4.74 Å². The fourth-order valence-corrected chi connectivity index (χ4v) is 1.57. The van der Waals surface area contributed by atoms with E-state index in [9.17, 15) is 0 Å². The molecule has 0 unspecified atom stereocenters. The maximum Gasteiger partial charge on any atom is 0.129 e. The number of hydrogen-bond acceptors (Lipinski definition) is 4. The zero-order valence-electron chi connectivity index (χ0n) is 9.90. The van der Waals surface area contributed by atoms with Crippen LogP contribution in [0.4, 0.5) is 0 Å². The second-order valence-electron chi connectivity index (χ2n) is 3.67. The Hall–Kier alpha value is -1.15. The van der Waals surface area contributed by atoms with E-state index in [1.165, 1.54) is 0 Å². The maximum atomic E-state index is 8.61. The predicted octanol–water partition coefficient (Wildman–Crippen LogP) is 2.10. The molecule has 0 atom stereocenters. The molecule has 0 spiro atoms. The largest absolute Gasteiger partial charge is 0.383 e. The van der Waals surface area contributed by atoms with Gasteiger partial charge in [-0.05, 0) is 11.6 Å². The Kier molecular flexibility index (Phi) is 6.56. The van der Waals surface area contributed by atoms with Crippen molar-refractivity contribution in [2.45, 2.75) is 13.0 Å². The van der Waals surface area contributed by atoms with Crippen LogP contribution in [0.2, 0.25) is 5.15 Å². The van der Waals surface area contributed by atoms with Crippen molar-refractivity contribution in [2.75, 3.05) is 26.8 Å². The van der Waals surface area contributed by atoms with Crippen molar-refractivity contribution >= 4 is 11.6 Å². The van der Waals surface area contributed by atoms with Gasteiger partial charge in [-0.25, -0.2) is 4.98 Å². The number of nitrogens with zero attached hydrogens (tertiary/aromatic N) is 3. The van der Waals surface area contributed by atoms with E-state index in [4.69, 9.17) is 21.6 Å². The molecule has 1 aromatic heterocycles. The Morgan fingerprint density at radius 1 is 1.47 bits per heavy atom. The third-order valence-corrected chi connectivity index (χ3v) is 2.57. The Bertz CT molecular complexity index is 361. The van der Waals surface area contributed by atoms with Crippen molar-refractivity contribution in [1.29, 1.82) is 5.26 Å². The number of aromatic nitrogens is 1. The first-order valence-electron chi connectivity index (χ1n) is 5.45. The van der Waals surface area contributed by atoms with Crippen LogP contribution in [0.1, 0.15) is 12.0 Å². The van der Waals surface area contributed by atoms with Gasteiger partial charge in [-0.1, -0.05) is 17.7 Å². The highest BCUT2D eigenvalue weighted by Gasteiger charge is 2.05. The van der Waals surface area contributed by atoms with E-state index in [2.05, 4.69) is 16.0 Å². The second-order valence-corrected chi connectivity index (χ2v) is 4.05. The molecule has 1 heterocycles. The van der Waals surface area contributed by atoms with Gasteiger partial charge in [0.1, 0.15) is 5.15 Å². The topological polar surface area (TPSA) is 49.1 Å². The normalized spacial score (nSPS) is 10.5. The van der Waals surface area contributed by atoms with Crippen LogP contribution in [0.15, 0.2) is 18.3 Å². The number of hydrogen-bond donors (Lipinski definition) is 0. The van der Waals surface area contributed by atoms with Gasteiger partial charge in [0.2, 0.25) is 0 Å². The molecule has 0 aliphatic carbocycles. The summed E-state index contributed by atoms with van der Waals surface area (Å²) in [5.41, 5.74) is 1.09. The Balaban J connectivity index is 2.52. The van der Waals surface area contributed by atoms with Crippen LogP contribution < -0.4 is 0 Å². The summed E-state index contributed by atoms with van der Waals surface area (Å²) in [7, 11) is 1.67. The minimum Gasteiger partial charge on any atom is -0.383 e. The number of rotatable bonds is 7. The summed E-state index contributed by atoms with van der Waals surface area (Å²) in [5, 5.41) is 9.10. The molecule has 92 valence electrons. The second kappa shape index (κ2) is 8.02. The minimum atomic E-state index is 0.495. The smallest absolute Gasteiger partial charge is 0.129 e. The van der Waals surface area contributed by atoms with Crippen LogP contribution in [-0.2, 0) is 11.3 Å². The zero-order chi connectivity index (χ0) is 12.5. The van der Waals surface area contributed by atoms with Crippen LogP contribution in [0.3, 0.4) is 0 Å². The van der Waals surface area contributed by atoms with Gasteiger partial charge in [0.15, 0.2) is 0 Å². The monoisotopic (exact) mass is 253 g/mol. The average Bonchev–Trinajstić information content (AvgIpc) is 2.35. The molecule has 0 fully saturated rings. The molecular weight excluding hydrogens is 238 g/mol. The lowest BCUT2D eigenvalue weighted by Crippen LogP contribution is -2.28. The van der Waals surface area contributed by atoms with Crippen molar-refractivity contribution in [2.24, 2.45) is 0 Å². The molecule has 0 aliphatic rings. The lowest BCUT2D eigenvalue weighted by atomic mass is 10.2. The lowest BCUT2D eigenvalue weighted by molar-refractivity contribution is 0.145.